The summed E-state index contributed by atoms with van der Waals surface area (Å²) >= 11 is 0. The lowest BCUT2D eigenvalue weighted by Gasteiger charge is -2.36. The number of nitrogens with zero attached hydrogens (tertiary/aromatic N) is 7. The molecule has 1 aliphatic heterocycles. The van der Waals surface area contributed by atoms with E-state index < -0.39 is 17.5 Å². The van der Waals surface area contributed by atoms with Crippen LogP contribution in [0, 0.1) is 18.7 Å². The zero-order valence-corrected chi connectivity index (χ0v) is 21.5. The molecule has 0 spiro atoms. The van der Waals surface area contributed by atoms with Crippen molar-refractivity contribution in [3.05, 3.63) is 35.7 Å². The summed E-state index contributed by atoms with van der Waals surface area (Å²) in [4.78, 5) is 11.5. The summed E-state index contributed by atoms with van der Waals surface area (Å²) in [6.07, 6.45) is 2.36. The van der Waals surface area contributed by atoms with Gasteiger partial charge < -0.3 is 20.5 Å². The van der Waals surface area contributed by atoms with Crippen LogP contribution in [0.5, 0.6) is 5.75 Å². The summed E-state index contributed by atoms with van der Waals surface area (Å²) in [7, 11) is 1.47. The number of fused-ring (bicyclic) bond motifs is 3. The van der Waals surface area contributed by atoms with Crippen molar-refractivity contribution >= 4 is 28.2 Å². The molecule has 0 aliphatic carbocycles. The maximum Gasteiger partial charge on any atom is 0.223 e. The average Bonchev–Trinajstić information content (AvgIpc) is 3.44. The molecule has 3 aromatic heterocycles. The molecule has 3 N–H and O–H groups in total. The fraction of sp³-hybridized carbons (Fsp3) is 0.520. The van der Waals surface area contributed by atoms with Gasteiger partial charge >= 0.3 is 0 Å². The van der Waals surface area contributed by atoms with E-state index in [9.17, 15) is 9.50 Å². The fourth-order valence-corrected chi connectivity index (χ4v) is 5.00. The van der Waals surface area contributed by atoms with Gasteiger partial charge in [0.2, 0.25) is 5.95 Å². The van der Waals surface area contributed by atoms with Gasteiger partial charge in [0, 0.05) is 31.3 Å². The van der Waals surface area contributed by atoms with Crippen molar-refractivity contribution in [1.82, 2.24) is 29.4 Å². The number of hydrogen-bond donors (Lipinski definition) is 2. The topological polar surface area (TPSA) is 120 Å². The zero-order chi connectivity index (χ0) is 25.9. The first-order valence-corrected chi connectivity index (χ1v) is 12.2. The van der Waals surface area contributed by atoms with E-state index in [0.29, 0.717) is 40.6 Å². The third kappa shape index (κ3) is 3.91. The Hall–Kier alpha value is -3.47. The number of aromatic nitrogens is 6. The number of nitrogen functional groups attached to an aromatic ring is 1. The number of hydrogen-bond acceptors (Lipinski definition) is 8. The van der Waals surface area contributed by atoms with Gasteiger partial charge in [-0.3, -0.25) is 4.68 Å². The molecule has 4 heterocycles. The maximum absolute atomic E-state index is 14.3. The van der Waals surface area contributed by atoms with Crippen molar-refractivity contribution in [3.8, 4) is 5.75 Å². The summed E-state index contributed by atoms with van der Waals surface area (Å²) in [5, 5.41) is 20.2. The second-order valence-corrected chi connectivity index (χ2v) is 10.5. The van der Waals surface area contributed by atoms with Gasteiger partial charge in [0.25, 0.3) is 0 Å². The summed E-state index contributed by atoms with van der Waals surface area (Å²) in [5.41, 5.74) is 8.53. The molecule has 1 fully saturated rings. The summed E-state index contributed by atoms with van der Waals surface area (Å²) in [6.45, 7) is 11.5. The van der Waals surface area contributed by atoms with Crippen LogP contribution < -0.4 is 15.4 Å². The van der Waals surface area contributed by atoms with E-state index in [1.165, 1.54) is 23.8 Å². The van der Waals surface area contributed by atoms with Crippen LogP contribution >= 0.6 is 0 Å². The normalized spacial score (nSPS) is 19.8. The van der Waals surface area contributed by atoms with Crippen LogP contribution in [0.3, 0.4) is 0 Å². The highest BCUT2D eigenvalue weighted by molar-refractivity contribution is 5.95. The number of halogens is 1. The van der Waals surface area contributed by atoms with Crippen molar-refractivity contribution < 1.29 is 14.2 Å². The zero-order valence-electron chi connectivity index (χ0n) is 21.5. The molecule has 0 radical (unpaired) electrons. The van der Waals surface area contributed by atoms with Crippen LogP contribution in [-0.2, 0) is 5.54 Å². The molecular weight excluding hydrogens is 463 g/mol. The Morgan fingerprint density at radius 2 is 1.97 bits per heavy atom. The summed E-state index contributed by atoms with van der Waals surface area (Å²) in [5.74, 6) is 1.08. The summed E-state index contributed by atoms with van der Waals surface area (Å²) in [6, 6.07) is 2.67. The summed E-state index contributed by atoms with van der Waals surface area (Å²) < 4.78 is 23.0. The number of aryl methyl sites for hydroxylation is 1. The molecule has 36 heavy (non-hydrogen) atoms. The number of ether oxygens (including phenoxy) is 1. The van der Waals surface area contributed by atoms with Gasteiger partial charge in [0.05, 0.1) is 35.5 Å². The smallest absolute Gasteiger partial charge is 0.223 e. The van der Waals surface area contributed by atoms with Gasteiger partial charge in [0.15, 0.2) is 11.5 Å². The largest absolute Gasteiger partial charge is 0.494 e. The van der Waals surface area contributed by atoms with Gasteiger partial charge in [-0.2, -0.15) is 9.61 Å². The highest BCUT2D eigenvalue weighted by atomic mass is 19.1. The molecule has 11 heteroatoms. The average molecular weight is 497 g/mol. The fourth-order valence-electron chi connectivity index (χ4n) is 5.00. The molecule has 4 aromatic rings. The standard InChI is InChI=1S/C25H33FN8O2/c1-13-7-16(11-32(10-13)19-12-33(30-14(19)2)25(4,5)15(3)35)22-29-23-18-8-17(26)9-20(36-6)21(18)28-24(27)34(23)31-22/h8-9,12-13,15-16,35H,7,10-11H2,1-6H3,(H2,27,28)/t13-,15+,16+/m0/s1. The van der Waals surface area contributed by atoms with Crippen LogP contribution in [0.25, 0.3) is 16.6 Å². The van der Waals surface area contributed by atoms with E-state index in [1.54, 1.807) is 6.92 Å². The Bertz CT molecular complexity index is 1440. The molecule has 0 saturated carbocycles. The monoisotopic (exact) mass is 496 g/mol. The molecule has 5 rings (SSSR count). The number of anilines is 2. The molecule has 0 amide bonds. The number of aliphatic hydroxyl groups excluding tert-OH is 1. The first kappa shape index (κ1) is 24.2. The highest BCUT2D eigenvalue weighted by Crippen LogP contribution is 2.35. The minimum Gasteiger partial charge on any atom is -0.494 e. The molecule has 10 nitrogen and oxygen atoms in total. The van der Waals surface area contributed by atoms with Crippen molar-refractivity contribution in [2.24, 2.45) is 5.92 Å². The molecule has 192 valence electrons. The second-order valence-electron chi connectivity index (χ2n) is 10.5. The Kier molecular flexibility index (Phi) is 5.77. The third-order valence-corrected chi connectivity index (χ3v) is 7.42. The van der Waals surface area contributed by atoms with E-state index in [0.717, 1.165) is 24.3 Å². The van der Waals surface area contributed by atoms with Crippen LogP contribution in [-0.4, -0.2) is 60.8 Å². The Labute approximate surface area is 208 Å². The van der Waals surface area contributed by atoms with Crippen molar-refractivity contribution in [2.75, 3.05) is 30.8 Å². The molecule has 1 aromatic carbocycles. The minimum atomic E-state index is -0.558. The molecule has 3 atom stereocenters. The van der Waals surface area contributed by atoms with Crippen LogP contribution in [0.1, 0.15) is 51.6 Å². The first-order chi connectivity index (χ1) is 17.0. The van der Waals surface area contributed by atoms with Gasteiger partial charge in [-0.25, -0.2) is 14.4 Å². The molecule has 0 bridgehead atoms. The number of rotatable bonds is 5. The van der Waals surface area contributed by atoms with Gasteiger partial charge in [-0.05, 0) is 46.1 Å². The number of methoxy groups -OCH3 is 1. The van der Waals surface area contributed by atoms with E-state index in [1.807, 2.05) is 31.6 Å². The molecule has 1 saturated heterocycles. The quantitative estimate of drug-likeness (QED) is 0.432. The van der Waals surface area contributed by atoms with Gasteiger partial charge in [-0.15, -0.1) is 5.10 Å². The highest BCUT2D eigenvalue weighted by Gasteiger charge is 2.33. The number of benzene rings is 1. The number of piperidine rings is 1. The van der Waals surface area contributed by atoms with E-state index in [-0.39, 0.29) is 11.9 Å². The van der Waals surface area contributed by atoms with E-state index in [2.05, 4.69) is 16.8 Å². The van der Waals surface area contributed by atoms with Gasteiger partial charge in [0.1, 0.15) is 17.1 Å². The Balaban J connectivity index is 1.54. The maximum atomic E-state index is 14.3. The van der Waals surface area contributed by atoms with Crippen LogP contribution in [0.2, 0.25) is 0 Å². The second kappa shape index (κ2) is 8.58. The van der Waals surface area contributed by atoms with Crippen LogP contribution in [0.15, 0.2) is 18.3 Å². The molecule has 1 aliphatic rings. The minimum absolute atomic E-state index is 0.0334. The van der Waals surface area contributed by atoms with E-state index in [4.69, 9.17) is 25.7 Å². The molecular formula is C25H33FN8O2. The predicted octanol–water partition coefficient (Wildman–Crippen LogP) is 3.26. The number of nitrogens with two attached hydrogens (primary N) is 1. The van der Waals surface area contributed by atoms with Crippen LogP contribution in [0.4, 0.5) is 16.0 Å². The lowest BCUT2D eigenvalue weighted by molar-refractivity contribution is 0.0645. The lowest BCUT2D eigenvalue weighted by Crippen LogP contribution is -2.39. The lowest BCUT2D eigenvalue weighted by atomic mass is 9.89. The Morgan fingerprint density at radius 3 is 2.67 bits per heavy atom. The van der Waals surface area contributed by atoms with Crippen molar-refractivity contribution in [3.63, 3.8) is 0 Å². The van der Waals surface area contributed by atoms with Crippen molar-refractivity contribution in [1.29, 1.82) is 0 Å². The first-order valence-electron chi connectivity index (χ1n) is 12.2. The SMILES string of the molecule is COc1cc(F)cc2c1nc(N)n1nc([C@@H]3C[C@H](C)CN(c4cn(C(C)(C)[C@@H](C)O)nc4C)C3)nc21. The third-order valence-electron chi connectivity index (χ3n) is 7.42. The predicted molar refractivity (Wildman–Crippen MR) is 136 cm³/mol. The number of aliphatic hydroxyl groups is 1. The molecule has 0 unspecified atom stereocenters. The van der Waals surface area contributed by atoms with Crippen molar-refractivity contribution in [2.45, 2.75) is 58.6 Å². The van der Waals surface area contributed by atoms with E-state index >= 15 is 0 Å². The van der Waals surface area contributed by atoms with Gasteiger partial charge in [-0.1, -0.05) is 6.92 Å². The Morgan fingerprint density at radius 1 is 1.22 bits per heavy atom.